The maximum absolute atomic E-state index is 12.8. The van der Waals surface area contributed by atoms with Crippen LogP contribution in [0.4, 0.5) is 10.7 Å². The minimum Gasteiger partial charge on any atom is -0.497 e. The zero-order valence-electron chi connectivity index (χ0n) is 20.2. The molecule has 36 heavy (non-hydrogen) atoms. The van der Waals surface area contributed by atoms with Crippen LogP contribution in [0.2, 0.25) is 0 Å². The summed E-state index contributed by atoms with van der Waals surface area (Å²) in [6, 6.07) is 14.3. The standard InChI is InChI=1S/C27H28N2O5S2/c1-33-19-10-6-8-17(14-19)25(31)28-18-9-7-11-20(15-18)35-16-23(30)29-26-24(27(32)34-2)21-12-4-3-5-13-22(21)36-26/h6-11,14-15H,3-5,12-13,16H2,1-2H3,(H,28,31)(H,29,30). The molecule has 0 fully saturated rings. The van der Waals surface area contributed by atoms with Crippen LogP contribution in [0.25, 0.3) is 0 Å². The highest BCUT2D eigenvalue weighted by atomic mass is 32.2. The van der Waals surface area contributed by atoms with Gasteiger partial charge in [0, 0.05) is 21.0 Å². The summed E-state index contributed by atoms with van der Waals surface area (Å²) in [5.41, 5.74) is 2.64. The lowest BCUT2D eigenvalue weighted by molar-refractivity contribution is -0.113. The monoisotopic (exact) mass is 524 g/mol. The summed E-state index contributed by atoms with van der Waals surface area (Å²) in [4.78, 5) is 39.9. The van der Waals surface area contributed by atoms with E-state index in [2.05, 4.69) is 10.6 Å². The molecule has 0 atom stereocenters. The van der Waals surface area contributed by atoms with Crippen molar-refractivity contribution in [2.45, 2.75) is 37.0 Å². The van der Waals surface area contributed by atoms with E-state index in [1.807, 2.05) is 18.2 Å². The van der Waals surface area contributed by atoms with Crippen LogP contribution in [-0.4, -0.2) is 37.8 Å². The molecule has 188 valence electrons. The van der Waals surface area contributed by atoms with Gasteiger partial charge in [-0.1, -0.05) is 18.6 Å². The smallest absolute Gasteiger partial charge is 0.341 e. The average molecular weight is 525 g/mol. The summed E-state index contributed by atoms with van der Waals surface area (Å²) >= 11 is 2.83. The Bertz CT molecular complexity index is 1270. The van der Waals surface area contributed by atoms with E-state index >= 15 is 0 Å². The summed E-state index contributed by atoms with van der Waals surface area (Å²) in [7, 11) is 2.92. The molecule has 2 amide bonds. The number of carbonyl (C=O) groups excluding carboxylic acids is 3. The number of rotatable bonds is 8. The van der Waals surface area contributed by atoms with Gasteiger partial charge in [0.15, 0.2) is 0 Å². The molecule has 1 aliphatic carbocycles. The van der Waals surface area contributed by atoms with Crippen LogP contribution in [0.5, 0.6) is 5.75 Å². The Kier molecular flexibility index (Phi) is 8.66. The molecule has 2 aromatic carbocycles. The highest BCUT2D eigenvalue weighted by molar-refractivity contribution is 8.00. The Morgan fingerprint density at radius 3 is 2.58 bits per heavy atom. The minimum absolute atomic E-state index is 0.163. The molecule has 7 nitrogen and oxygen atoms in total. The molecule has 0 spiro atoms. The number of esters is 1. The van der Waals surface area contributed by atoms with E-state index in [0.29, 0.717) is 27.6 Å². The van der Waals surface area contributed by atoms with Gasteiger partial charge in [-0.05, 0) is 67.6 Å². The van der Waals surface area contributed by atoms with Crippen molar-refractivity contribution in [3.8, 4) is 5.75 Å². The van der Waals surface area contributed by atoms with E-state index in [1.165, 1.54) is 30.2 Å². The van der Waals surface area contributed by atoms with Gasteiger partial charge in [0.2, 0.25) is 5.91 Å². The highest BCUT2D eigenvalue weighted by Crippen LogP contribution is 2.38. The Labute approximate surface area is 218 Å². The van der Waals surface area contributed by atoms with Gasteiger partial charge in [-0.3, -0.25) is 9.59 Å². The van der Waals surface area contributed by atoms with E-state index < -0.39 is 5.97 Å². The number of aryl methyl sites for hydroxylation is 1. The maximum atomic E-state index is 12.8. The molecule has 1 aliphatic rings. The normalized spacial score (nSPS) is 12.7. The molecule has 0 saturated carbocycles. The zero-order chi connectivity index (χ0) is 25.5. The van der Waals surface area contributed by atoms with Crippen LogP contribution in [-0.2, 0) is 22.4 Å². The molecule has 3 aromatic rings. The third-order valence-electron chi connectivity index (χ3n) is 5.86. The molecular weight excluding hydrogens is 496 g/mol. The topological polar surface area (TPSA) is 93.7 Å². The highest BCUT2D eigenvalue weighted by Gasteiger charge is 2.26. The maximum Gasteiger partial charge on any atom is 0.341 e. The fraction of sp³-hybridized carbons (Fsp3) is 0.296. The van der Waals surface area contributed by atoms with Crippen molar-refractivity contribution >= 4 is 51.6 Å². The van der Waals surface area contributed by atoms with Crippen LogP contribution >= 0.6 is 23.1 Å². The van der Waals surface area contributed by atoms with Gasteiger partial charge < -0.3 is 20.1 Å². The average Bonchev–Trinajstić information content (AvgIpc) is 3.06. The van der Waals surface area contributed by atoms with Crippen molar-refractivity contribution in [1.82, 2.24) is 0 Å². The molecule has 2 N–H and O–H groups in total. The summed E-state index contributed by atoms with van der Waals surface area (Å²) in [6.45, 7) is 0. The number of methoxy groups -OCH3 is 2. The number of hydrogen-bond donors (Lipinski definition) is 2. The van der Waals surface area contributed by atoms with Crippen molar-refractivity contribution in [2.75, 3.05) is 30.6 Å². The number of thiophene rings is 1. The first-order chi connectivity index (χ1) is 17.5. The number of thioether (sulfide) groups is 1. The minimum atomic E-state index is -0.406. The van der Waals surface area contributed by atoms with E-state index in [-0.39, 0.29) is 17.6 Å². The van der Waals surface area contributed by atoms with E-state index in [0.717, 1.165) is 47.4 Å². The van der Waals surface area contributed by atoms with Gasteiger partial charge in [0.05, 0.1) is 25.5 Å². The second-order valence-electron chi connectivity index (χ2n) is 8.31. The Morgan fingerprint density at radius 2 is 1.78 bits per heavy atom. The van der Waals surface area contributed by atoms with Crippen LogP contribution in [0, 0.1) is 0 Å². The lowest BCUT2D eigenvalue weighted by atomic mass is 10.1. The predicted octanol–water partition coefficient (Wildman–Crippen LogP) is 5.80. The molecule has 0 bridgehead atoms. The third-order valence-corrected chi connectivity index (χ3v) is 8.06. The van der Waals surface area contributed by atoms with Gasteiger partial charge in [0.1, 0.15) is 10.8 Å². The summed E-state index contributed by atoms with van der Waals surface area (Å²) < 4.78 is 10.2. The molecule has 0 unspecified atom stereocenters. The van der Waals surface area contributed by atoms with Crippen molar-refractivity contribution in [2.24, 2.45) is 0 Å². The molecule has 0 aliphatic heterocycles. The zero-order valence-corrected chi connectivity index (χ0v) is 21.9. The summed E-state index contributed by atoms with van der Waals surface area (Å²) in [5.74, 6) is -0.0857. The quantitative estimate of drug-likeness (QED) is 0.220. The molecule has 1 aromatic heterocycles. The van der Waals surface area contributed by atoms with Crippen LogP contribution in [0.1, 0.15) is 50.4 Å². The molecule has 0 radical (unpaired) electrons. The SMILES string of the molecule is COC(=O)c1c(NC(=O)CSc2cccc(NC(=O)c3cccc(OC)c3)c2)sc2c1CCCCC2. The van der Waals surface area contributed by atoms with Crippen LogP contribution < -0.4 is 15.4 Å². The fourth-order valence-electron chi connectivity index (χ4n) is 4.09. The number of anilines is 2. The van der Waals surface area contributed by atoms with Crippen molar-refractivity contribution in [1.29, 1.82) is 0 Å². The van der Waals surface area contributed by atoms with Crippen LogP contribution in [0.3, 0.4) is 0 Å². The second kappa shape index (κ2) is 12.1. The molecule has 9 heteroatoms. The third kappa shape index (κ3) is 6.27. The van der Waals surface area contributed by atoms with E-state index in [9.17, 15) is 14.4 Å². The molecular formula is C27H28N2O5S2. The number of fused-ring (bicyclic) bond motifs is 1. The first kappa shape index (κ1) is 25.8. The molecule has 4 rings (SSSR count). The van der Waals surface area contributed by atoms with Crippen molar-refractivity contribution < 1.29 is 23.9 Å². The first-order valence-corrected chi connectivity index (χ1v) is 13.5. The number of carbonyl (C=O) groups is 3. The van der Waals surface area contributed by atoms with E-state index in [1.54, 1.807) is 37.4 Å². The number of amides is 2. The first-order valence-electron chi connectivity index (χ1n) is 11.7. The Hall–Kier alpha value is -3.30. The van der Waals surface area contributed by atoms with Gasteiger partial charge >= 0.3 is 5.97 Å². The van der Waals surface area contributed by atoms with E-state index in [4.69, 9.17) is 9.47 Å². The summed E-state index contributed by atoms with van der Waals surface area (Å²) in [5, 5.41) is 6.38. The number of nitrogens with one attached hydrogen (secondary N) is 2. The van der Waals surface area contributed by atoms with Crippen molar-refractivity contribution in [3.05, 3.63) is 70.1 Å². The van der Waals surface area contributed by atoms with Crippen molar-refractivity contribution in [3.63, 3.8) is 0 Å². The number of ether oxygens (including phenoxy) is 2. The number of benzene rings is 2. The molecule has 1 heterocycles. The lowest BCUT2D eigenvalue weighted by Gasteiger charge is -2.09. The number of hydrogen-bond acceptors (Lipinski definition) is 7. The second-order valence-corrected chi connectivity index (χ2v) is 10.5. The van der Waals surface area contributed by atoms with Gasteiger partial charge in [-0.15, -0.1) is 23.1 Å². The largest absolute Gasteiger partial charge is 0.497 e. The lowest BCUT2D eigenvalue weighted by Crippen LogP contribution is -2.16. The fourth-order valence-corrected chi connectivity index (χ4v) is 6.14. The van der Waals surface area contributed by atoms with Gasteiger partial charge in [0.25, 0.3) is 5.91 Å². The van der Waals surface area contributed by atoms with Crippen LogP contribution in [0.15, 0.2) is 53.4 Å². The van der Waals surface area contributed by atoms with Gasteiger partial charge in [-0.25, -0.2) is 4.79 Å². The Balaban J connectivity index is 1.39. The Morgan fingerprint density at radius 1 is 0.972 bits per heavy atom. The molecule has 0 saturated heterocycles. The predicted molar refractivity (Wildman–Crippen MR) is 144 cm³/mol. The van der Waals surface area contributed by atoms with Gasteiger partial charge in [-0.2, -0.15) is 0 Å². The summed E-state index contributed by atoms with van der Waals surface area (Å²) in [6.07, 6.45) is 5.00.